The largest absolute Gasteiger partial charge is 0.337 e. The van der Waals surface area contributed by atoms with Gasteiger partial charge in [-0.3, -0.25) is 4.79 Å². The second-order valence-electron chi connectivity index (χ2n) is 6.21. The molecule has 1 amide bonds. The number of hydrogen-bond acceptors (Lipinski definition) is 6. The summed E-state index contributed by atoms with van der Waals surface area (Å²) in [4.78, 5) is 24.5. The first-order valence-electron chi connectivity index (χ1n) is 9.04. The molecule has 29 heavy (non-hydrogen) atoms. The van der Waals surface area contributed by atoms with Crippen molar-refractivity contribution in [2.75, 3.05) is 12.3 Å². The maximum absolute atomic E-state index is 12.8. The maximum Gasteiger partial charge on any atom is 0.233 e. The Morgan fingerprint density at radius 2 is 2.03 bits per heavy atom. The summed E-state index contributed by atoms with van der Waals surface area (Å²) in [6, 6.07) is 13.9. The highest BCUT2D eigenvalue weighted by Crippen LogP contribution is 2.27. The summed E-state index contributed by atoms with van der Waals surface area (Å²) in [6.07, 6.45) is 3.28. The summed E-state index contributed by atoms with van der Waals surface area (Å²) in [6.45, 7) is 3.29. The minimum atomic E-state index is 0.0873. The summed E-state index contributed by atoms with van der Waals surface area (Å²) in [5.74, 6) is 0.410. The number of benzene rings is 1. The Hall–Kier alpha value is -2.23. The Morgan fingerprint density at radius 3 is 2.76 bits per heavy atom. The van der Waals surface area contributed by atoms with Gasteiger partial charge in [-0.15, -0.1) is 11.3 Å². The molecule has 0 radical (unpaired) electrons. The monoisotopic (exact) mass is 487 g/mol. The van der Waals surface area contributed by atoms with Crippen LogP contribution >= 0.6 is 39.0 Å². The van der Waals surface area contributed by atoms with E-state index in [0.717, 1.165) is 30.4 Å². The fourth-order valence-corrected chi connectivity index (χ4v) is 5.28. The zero-order valence-corrected chi connectivity index (χ0v) is 18.9. The number of nitrogens with zero attached hydrogens (tertiary/aromatic N) is 5. The number of thiophene rings is 1. The molecule has 0 aliphatic rings. The average Bonchev–Trinajstić information content (AvgIpc) is 3.37. The fraction of sp³-hybridized carbons (Fsp3) is 0.200. The van der Waals surface area contributed by atoms with E-state index in [-0.39, 0.29) is 5.91 Å². The Kier molecular flexibility index (Phi) is 6.27. The lowest BCUT2D eigenvalue weighted by Crippen LogP contribution is -2.31. The SMILES string of the molecule is CCN(Cc1ccc(Br)s1)C(=O)CSc1ncnc2c1cnn2-c1ccccc1. The van der Waals surface area contributed by atoms with E-state index in [0.29, 0.717) is 18.8 Å². The van der Waals surface area contributed by atoms with Crippen molar-refractivity contribution in [2.45, 2.75) is 18.5 Å². The van der Waals surface area contributed by atoms with Crippen LogP contribution in [-0.2, 0) is 11.3 Å². The third kappa shape index (κ3) is 4.52. The lowest BCUT2D eigenvalue weighted by atomic mass is 10.3. The van der Waals surface area contributed by atoms with E-state index >= 15 is 0 Å². The minimum absolute atomic E-state index is 0.0873. The van der Waals surface area contributed by atoms with Gasteiger partial charge in [0.25, 0.3) is 0 Å². The van der Waals surface area contributed by atoms with Crippen LogP contribution in [0.15, 0.2) is 63.8 Å². The average molecular weight is 488 g/mol. The molecule has 4 rings (SSSR count). The van der Waals surface area contributed by atoms with Crippen LogP contribution < -0.4 is 0 Å². The number of carbonyl (C=O) groups is 1. The predicted octanol–water partition coefficient (Wildman–Crippen LogP) is 4.78. The molecule has 3 heterocycles. The van der Waals surface area contributed by atoms with E-state index in [9.17, 15) is 4.79 Å². The van der Waals surface area contributed by atoms with Gasteiger partial charge in [0, 0.05) is 11.4 Å². The number of amides is 1. The number of thioether (sulfide) groups is 1. The van der Waals surface area contributed by atoms with Crippen molar-refractivity contribution in [2.24, 2.45) is 0 Å². The molecule has 0 atom stereocenters. The van der Waals surface area contributed by atoms with Gasteiger partial charge in [0.15, 0.2) is 5.65 Å². The molecule has 0 spiro atoms. The normalized spacial score (nSPS) is 11.1. The van der Waals surface area contributed by atoms with Gasteiger partial charge in [0.05, 0.1) is 33.4 Å². The molecule has 0 saturated heterocycles. The summed E-state index contributed by atoms with van der Waals surface area (Å²) in [5.41, 5.74) is 1.67. The Morgan fingerprint density at radius 1 is 1.21 bits per heavy atom. The first kappa shape index (κ1) is 20.1. The number of para-hydroxylation sites is 1. The highest BCUT2D eigenvalue weighted by Gasteiger charge is 2.16. The Bertz CT molecular complexity index is 1130. The van der Waals surface area contributed by atoms with Gasteiger partial charge in [0.1, 0.15) is 11.4 Å². The molecule has 0 unspecified atom stereocenters. The van der Waals surface area contributed by atoms with Gasteiger partial charge in [-0.25, -0.2) is 14.6 Å². The number of carbonyl (C=O) groups excluding carboxylic acids is 1. The summed E-state index contributed by atoms with van der Waals surface area (Å²) in [7, 11) is 0. The number of rotatable bonds is 7. The van der Waals surface area contributed by atoms with Gasteiger partial charge >= 0.3 is 0 Å². The second-order valence-corrected chi connectivity index (χ2v) is 9.72. The number of hydrogen-bond donors (Lipinski definition) is 0. The van der Waals surface area contributed by atoms with Crippen LogP contribution in [0.2, 0.25) is 0 Å². The third-order valence-electron chi connectivity index (χ3n) is 4.37. The smallest absolute Gasteiger partial charge is 0.233 e. The van der Waals surface area contributed by atoms with Crippen LogP contribution in [0.4, 0.5) is 0 Å². The number of aromatic nitrogens is 4. The summed E-state index contributed by atoms with van der Waals surface area (Å²) in [5, 5.41) is 6.08. The van der Waals surface area contributed by atoms with E-state index < -0.39 is 0 Å². The second kappa shape index (κ2) is 9.06. The minimum Gasteiger partial charge on any atom is -0.337 e. The highest BCUT2D eigenvalue weighted by atomic mass is 79.9. The molecule has 9 heteroatoms. The van der Waals surface area contributed by atoms with Crippen LogP contribution in [0, 0.1) is 0 Å². The van der Waals surface area contributed by atoms with E-state index in [1.54, 1.807) is 22.2 Å². The first-order valence-corrected chi connectivity index (χ1v) is 11.6. The Balaban J connectivity index is 1.49. The van der Waals surface area contributed by atoms with Crippen LogP contribution in [0.25, 0.3) is 16.7 Å². The molecule has 1 aromatic carbocycles. The molecule has 0 aliphatic carbocycles. The van der Waals surface area contributed by atoms with Crippen molar-refractivity contribution in [1.29, 1.82) is 0 Å². The molecule has 148 valence electrons. The van der Waals surface area contributed by atoms with Crippen LogP contribution in [0.1, 0.15) is 11.8 Å². The standard InChI is InChI=1S/C20H18BrN5OS2/c1-2-25(11-15-8-9-17(21)29-15)18(27)12-28-20-16-10-24-26(19(16)22-13-23-20)14-6-4-3-5-7-14/h3-10,13H,2,11-12H2,1H3. The molecule has 6 nitrogen and oxygen atoms in total. The number of fused-ring (bicyclic) bond motifs is 1. The van der Waals surface area contributed by atoms with Gasteiger partial charge < -0.3 is 4.90 Å². The Labute approximate surface area is 185 Å². The van der Waals surface area contributed by atoms with Gasteiger partial charge in [-0.05, 0) is 47.1 Å². The van der Waals surface area contributed by atoms with Crippen molar-refractivity contribution in [1.82, 2.24) is 24.6 Å². The summed E-state index contributed by atoms with van der Waals surface area (Å²) < 4.78 is 2.86. The molecule has 0 aliphatic heterocycles. The van der Waals surface area contributed by atoms with Crippen LogP contribution in [0.5, 0.6) is 0 Å². The van der Waals surface area contributed by atoms with E-state index in [4.69, 9.17) is 0 Å². The molecular formula is C20H18BrN5OS2. The first-order chi connectivity index (χ1) is 14.2. The molecule has 0 saturated carbocycles. The zero-order chi connectivity index (χ0) is 20.2. The number of halogens is 1. The lowest BCUT2D eigenvalue weighted by molar-refractivity contribution is -0.128. The van der Waals surface area contributed by atoms with E-state index in [1.807, 2.05) is 54.3 Å². The van der Waals surface area contributed by atoms with Gasteiger partial charge in [-0.2, -0.15) is 5.10 Å². The van der Waals surface area contributed by atoms with Crippen molar-refractivity contribution in [3.63, 3.8) is 0 Å². The summed E-state index contributed by atoms with van der Waals surface area (Å²) >= 11 is 6.55. The van der Waals surface area contributed by atoms with Crippen molar-refractivity contribution in [3.05, 3.63) is 63.7 Å². The molecule has 4 aromatic rings. The zero-order valence-electron chi connectivity index (χ0n) is 15.7. The quantitative estimate of drug-likeness (QED) is 0.277. The van der Waals surface area contributed by atoms with Crippen LogP contribution in [0.3, 0.4) is 0 Å². The lowest BCUT2D eigenvalue weighted by Gasteiger charge is -2.19. The van der Waals surface area contributed by atoms with Gasteiger partial charge in [-0.1, -0.05) is 30.0 Å². The molecule has 0 bridgehead atoms. The maximum atomic E-state index is 12.8. The molecule has 0 N–H and O–H groups in total. The van der Waals surface area contributed by atoms with Crippen molar-refractivity contribution < 1.29 is 4.79 Å². The van der Waals surface area contributed by atoms with Crippen molar-refractivity contribution >= 4 is 56.0 Å². The highest BCUT2D eigenvalue weighted by molar-refractivity contribution is 9.11. The van der Waals surface area contributed by atoms with Gasteiger partial charge in [0.2, 0.25) is 5.91 Å². The van der Waals surface area contributed by atoms with E-state index in [1.165, 1.54) is 18.1 Å². The fourth-order valence-electron chi connectivity index (χ4n) is 2.92. The van der Waals surface area contributed by atoms with Crippen molar-refractivity contribution in [3.8, 4) is 5.69 Å². The van der Waals surface area contributed by atoms with E-state index in [2.05, 4.69) is 31.0 Å². The molecule has 0 fully saturated rings. The topological polar surface area (TPSA) is 63.9 Å². The molecule has 3 aromatic heterocycles. The third-order valence-corrected chi connectivity index (χ3v) is 6.97. The van der Waals surface area contributed by atoms with Crippen LogP contribution in [-0.4, -0.2) is 42.9 Å². The predicted molar refractivity (Wildman–Crippen MR) is 120 cm³/mol. The molecular weight excluding hydrogens is 470 g/mol.